The zero-order chi connectivity index (χ0) is 10.9. The van der Waals surface area contributed by atoms with Crippen molar-refractivity contribution < 1.29 is 4.79 Å². The monoisotopic (exact) mass is 210 g/mol. The van der Waals surface area contributed by atoms with Gasteiger partial charge in [-0.3, -0.25) is 4.79 Å². The molecule has 0 radical (unpaired) electrons. The van der Waals surface area contributed by atoms with Gasteiger partial charge in [0.1, 0.15) is 0 Å². The smallest absolute Gasteiger partial charge is 0.240 e. The molecule has 1 amide bonds. The van der Waals surface area contributed by atoms with E-state index in [0.29, 0.717) is 12.0 Å². The molecule has 2 rings (SSSR count). The highest BCUT2D eigenvalue weighted by atomic mass is 16.2. The summed E-state index contributed by atoms with van der Waals surface area (Å²) in [5.74, 6) is 0.794. The van der Waals surface area contributed by atoms with Gasteiger partial charge in [0.25, 0.3) is 0 Å². The van der Waals surface area contributed by atoms with E-state index < -0.39 is 5.54 Å². The van der Waals surface area contributed by atoms with Crippen LogP contribution in [0.4, 0.5) is 0 Å². The van der Waals surface area contributed by atoms with Gasteiger partial charge in [-0.05, 0) is 38.5 Å². The SMILES string of the molecule is CC(NC(=O)C1(N)CCCCC1)C1CC1. The van der Waals surface area contributed by atoms with Gasteiger partial charge in [0.05, 0.1) is 5.54 Å². The van der Waals surface area contributed by atoms with Gasteiger partial charge in [0, 0.05) is 6.04 Å². The maximum Gasteiger partial charge on any atom is 0.240 e. The normalized spacial score (nSPS) is 27.1. The highest BCUT2D eigenvalue weighted by Crippen LogP contribution is 2.33. The Balaban J connectivity index is 1.87. The van der Waals surface area contributed by atoms with E-state index in [2.05, 4.69) is 12.2 Å². The molecule has 3 heteroatoms. The molecule has 0 aliphatic heterocycles. The fourth-order valence-corrected chi connectivity index (χ4v) is 2.47. The molecular formula is C12H22N2O. The van der Waals surface area contributed by atoms with E-state index in [1.807, 2.05) is 0 Å². The summed E-state index contributed by atoms with van der Waals surface area (Å²) in [6, 6.07) is 0.319. The third-order valence-electron chi connectivity index (χ3n) is 3.89. The average molecular weight is 210 g/mol. The van der Waals surface area contributed by atoms with Crippen LogP contribution in [-0.4, -0.2) is 17.5 Å². The zero-order valence-electron chi connectivity index (χ0n) is 9.59. The van der Waals surface area contributed by atoms with E-state index in [-0.39, 0.29) is 5.91 Å². The first kappa shape index (κ1) is 10.9. The lowest BCUT2D eigenvalue weighted by molar-refractivity contribution is -0.128. The average Bonchev–Trinajstić information content (AvgIpc) is 3.01. The fraction of sp³-hybridized carbons (Fsp3) is 0.917. The van der Waals surface area contributed by atoms with Crippen molar-refractivity contribution in [3.63, 3.8) is 0 Å². The molecule has 2 saturated carbocycles. The maximum atomic E-state index is 12.0. The second kappa shape index (κ2) is 4.12. The summed E-state index contributed by atoms with van der Waals surface area (Å²) in [4.78, 5) is 12.0. The van der Waals surface area contributed by atoms with Crippen molar-refractivity contribution in [2.45, 2.75) is 63.5 Å². The molecule has 0 aromatic heterocycles. The Morgan fingerprint density at radius 3 is 2.47 bits per heavy atom. The summed E-state index contributed by atoms with van der Waals surface area (Å²) in [5.41, 5.74) is 5.59. The van der Waals surface area contributed by atoms with Crippen LogP contribution in [0.15, 0.2) is 0 Å². The van der Waals surface area contributed by atoms with Crippen LogP contribution in [0.3, 0.4) is 0 Å². The Bertz CT molecular complexity index is 242. The highest BCUT2D eigenvalue weighted by Gasteiger charge is 2.37. The van der Waals surface area contributed by atoms with E-state index in [4.69, 9.17) is 5.73 Å². The van der Waals surface area contributed by atoms with Gasteiger partial charge < -0.3 is 11.1 Å². The number of hydrogen-bond donors (Lipinski definition) is 2. The first-order valence-electron chi connectivity index (χ1n) is 6.22. The molecule has 0 bridgehead atoms. The van der Waals surface area contributed by atoms with Crippen molar-refractivity contribution >= 4 is 5.91 Å². The first-order valence-corrected chi connectivity index (χ1v) is 6.22. The standard InChI is InChI=1S/C12H22N2O/c1-9(10-5-6-10)14-11(15)12(13)7-3-2-4-8-12/h9-10H,2-8,13H2,1H3,(H,14,15). The lowest BCUT2D eigenvalue weighted by Gasteiger charge is -2.33. The Hall–Kier alpha value is -0.570. The minimum atomic E-state index is -0.568. The van der Waals surface area contributed by atoms with Crippen LogP contribution in [0, 0.1) is 5.92 Å². The van der Waals surface area contributed by atoms with Gasteiger partial charge in [-0.15, -0.1) is 0 Å². The van der Waals surface area contributed by atoms with E-state index in [9.17, 15) is 4.79 Å². The molecule has 15 heavy (non-hydrogen) atoms. The van der Waals surface area contributed by atoms with Crippen molar-refractivity contribution in [1.82, 2.24) is 5.32 Å². The molecule has 2 aliphatic carbocycles. The number of carbonyl (C=O) groups is 1. The van der Waals surface area contributed by atoms with E-state index in [1.165, 1.54) is 19.3 Å². The summed E-state index contributed by atoms with van der Waals surface area (Å²) in [6.07, 6.45) is 7.67. The van der Waals surface area contributed by atoms with Crippen LogP contribution in [0.1, 0.15) is 51.9 Å². The predicted octanol–water partition coefficient (Wildman–Crippen LogP) is 1.56. The van der Waals surface area contributed by atoms with Gasteiger partial charge >= 0.3 is 0 Å². The van der Waals surface area contributed by atoms with Gasteiger partial charge in [-0.1, -0.05) is 19.3 Å². The van der Waals surface area contributed by atoms with Crippen LogP contribution in [0.2, 0.25) is 0 Å². The molecule has 0 heterocycles. The highest BCUT2D eigenvalue weighted by molar-refractivity contribution is 5.86. The van der Waals surface area contributed by atoms with Crippen molar-refractivity contribution in [2.24, 2.45) is 11.7 Å². The predicted molar refractivity (Wildman–Crippen MR) is 60.3 cm³/mol. The molecule has 0 saturated heterocycles. The number of nitrogens with two attached hydrogens (primary N) is 1. The Labute approximate surface area is 91.8 Å². The van der Waals surface area contributed by atoms with E-state index in [1.54, 1.807) is 0 Å². The van der Waals surface area contributed by atoms with Gasteiger partial charge in [0.15, 0.2) is 0 Å². The van der Waals surface area contributed by atoms with Gasteiger partial charge in [0.2, 0.25) is 5.91 Å². The van der Waals surface area contributed by atoms with Crippen molar-refractivity contribution in [3.05, 3.63) is 0 Å². The zero-order valence-corrected chi connectivity index (χ0v) is 9.59. The molecule has 0 aromatic carbocycles. The van der Waals surface area contributed by atoms with Gasteiger partial charge in [-0.2, -0.15) is 0 Å². The first-order chi connectivity index (χ1) is 7.12. The molecule has 86 valence electrons. The number of amides is 1. The summed E-state index contributed by atoms with van der Waals surface area (Å²) < 4.78 is 0. The Morgan fingerprint density at radius 2 is 1.93 bits per heavy atom. The van der Waals surface area contributed by atoms with Crippen molar-refractivity contribution in [3.8, 4) is 0 Å². The number of nitrogens with one attached hydrogen (secondary N) is 1. The molecule has 0 spiro atoms. The fourth-order valence-electron chi connectivity index (χ4n) is 2.47. The van der Waals surface area contributed by atoms with E-state index >= 15 is 0 Å². The number of hydrogen-bond acceptors (Lipinski definition) is 2. The Morgan fingerprint density at radius 1 is 1.33 bits per heavy atom. The van der Waals surface area contributed by atoms with Crippen LogP contribution < -0.4 is 11.1 Å². The molecular weight excluding hydrogens is 188 g/mol. The molecule has 0 aromatic rings. The molecule has 2 aliphatic rings. The van der Waals surface area contributed by atoms with Crippen LogP contribution >= 0.6 is 0 Å². The van der Waals surface area contributed by atoms with Crippen LogP contribution in [0.5, 0.6) is 0 Å². The number of rotatable bonds is 3. The summed E-state index contributed by atoms with van der Waals surface area (Å²) >= 11 is 0. The lowest BCUT2D eigenvalue weighted by Crippen LogP contribution is -2.56. The molecule has 2 fully saturated rings. The number of carbonyl (C=O) groups excluding carboxylic acids is 1. The van der Waals surface area contributed by atoms with Crippen LogP contribution in [-0.2, 0) is 4.79 Å². The van der Waals surface area contributed by atoms with E-state index in [0.717, 1.165) is 25.7 Å². The summed E-state index contributed by atoms with van der Waals surface area (Å²) in [7, 11) is 0. The second-order valence-electron chi connectivity index (χ2n) is 5.32. The lowest BCUT2D eigenvalue weighted by atomic mass is 9.81. The quantitative estimate of drug-likeness (QED) is 0.742. The van der Waals surface area contributed by atoms with Crippen LogP contribution in [0.25, 0.3) is 0 Å². The largest absolute Gasteiger partial charge is 0.352 e. The second-order valence-corrected chi connectivity index (χ2v) is 5.32. The maximum absolute atomic E-state index is 12.0. The third-order valence-corrected chi connectivity index (χ3v) is 3.89. The Kier molecular flexibility index (Phi) is 3.01. The van der Waals surface area contributed by atoms with Gasteiger partial charge in [-0.25, -0.2) is 0 Å². The topological polar surface area (TPSA) is 55.1 Å². The minimum Gasteiger partial charge on any atom is -0.352 e. The molecule has 1 atom stereocenters. The molecule has 1 unspecified atom stereocenters. The summed E-state index contributed by atoms with van der Waals surface area (Å²) in [6.45, 7) is 2.10. The van der Waals surface area contributed by atoms with Crippen molar-refractivity contribution in [2.75, 3.05) is 0 Å². The minimum absolute atomic E-state index is 0.0848. The molecule has 3 N–H and O–H groups in total. The molecule has 3 nitrogen and oxygen atoms in total. The third kappa shape index (κ3) is 2.51. The van der Waals surface area contributed by atoms with Crippen molar-refractivity contribution in [1.29, 1.82) is 0 Å². The summed E-state index contributed by atoms with van der Waals surface area (Å²) in [5, 5.41) is 3.09.